The lowest BCUT2D eigenvalue weighted by Gasteiger charge is -2.38. The molecule has 0 amide bonds. The number of rotatable bonds is 7. The predicted octanol–water partition coefficient (Wildman–Crippen LogP) is 3.36. The highest BCUT2D eigenvalue weighted by Crippen LogP contribution is 2.40. The van der Waals surface area contributed by atoms with E-state index in [4.69, 9.17) is 14.2 Å². The van der Waals surface area contributed by atoms with Gasteiger partial charge < -0.3 is 19.3 Å². The van der Waals surface area contributed by atoms with Crippen LogP contribution in [0.15, 0.2) is 42.5 Å². The molecule has 5 nitrogen and oxygen atoms in total. The van der Waals surface area contributed by atoms with Crippen molar-refractivity contribution in [3.8, 4) is 0 Å². The highest BCUT2D eigenvalue weighted by atomic mass is 16.7. The zero-order valence-corrected chi connectivity index (χ0v) is 15.1. The second kappa shape index (κ2) is 9.31. The van der Waals surface area contributed by atoms with Gasteiger partial charge in [-0.05, 0) is 30.7 Å². The third-order valence-electron chi connectivity index (χ3n) is 5.12. The van der Waals surface area contributed by atoms with Gasteiger partial charge in [-0.3, -0.25) is 4.79 Å². The lowest BCUT2D eigenvalue weighted by atomic mass is 9.80. The maximum Gasteiger partial charge on any atom is 0.306 e. The maximum absolute atomic E-state index is 11.8. The molecular formula is C21H28O5. The van der Waals surface area contributed by atoms with Gasteiger partial charge >= 0.3 is 5.97 Å². The van der Waals surface area contributed by atoms with E-state index >= 15 is 0 Å². The van der Waals surface area contributed by atoms with Gasteiger partial charge in [-0.25, -0.2) is 0 Å². The molecule has 2 atom stereocenters. The van der Waals surface area contributed by atoms with E-state index in [1.807, 2.05) is 42.5 Å². The SMILES string of the molecule is O=C(CC/C=C\C[C@@H]1CC2(CC[C@@H]1O)OCCO2)OCc1ccccc1. The minimum atomic E-state index is -0.473. The van der Waals surface area contributed by atoms with Crippen LogP contribution in [0.4, 0.5) is 0 Å². The van der Waals surface area contributed by atoms with E-state index in [1.54, 1.807) is 0 Å². The molecule has 1 aliphatic carbocycles. The second-order valence-electron chi connectivity index (χ2n) is 7.07. The third-order valence-corrected chi connectivity index (χ3v) is 5.12. The van der Waals surface area contributed by atoms with E-state index in [0.29, 0.717) is 39.1 Å². The Labute approximate surface area is 155 Å². The zero-order chi connectivity index (χ0) is 18.2. The summed E-state index contributed by atoms with van der Waals surface area (Å²) in [6, 6.07) is 9.67. The molecular weight excluding hydrogens is 332 g/mol. The number of benzene rings is 1. The minimum Gasteiger partial charge on any atom is -0.461 e. The standard InChI is InChI=1S/C21H28O5/c22-19-11-12-21(25-13-14-26-21)15-18(19)9-5-2-6-10-20(23)24-16-17-7-3-1-4-8-17/h1-5,7-8,18-19,22H,6,9-16H2/b5-2-/t18-,19+/m1/s1. The first kappa shape index (κ1) is 19.1. The van der Waals surface area contributed by atoms with Crippen LogP contribution < -0.4 is 0 Å². The van der Waals surface area contributed by atoms with Crippen LogP contribution in [-0.4, -0.2) is 36.2 Å². The molecule has 0 radical (unpaired) electrons. The van der Waals surface area contributed by atoms with Gasteiger partial charge in [0.05, 0.1) is 19.3 Å². The first-order valence-electron chi connectivity index (χ1n) is 9.47. The molecule has 2 aliphatic rings. The summed E-state index contributed by atoms with van der Waals surface area (Å²) in [5, 5.41) is 10.2. The molecule has 26 heavy (non-hydrogen) atoms. The number of hydrogen-bond acceptors (Lipinski definition) is 5. The zero-order valence-electron chi connectivity index (χ0n) is 15.1. The van der Waals surface area contributed by atoms with Crippen molar-refractivity contribution in [2.75, 3.05) is 13.2 Å². The van der Waals surface area contributed by atoms with Crippen molar-refractivity contribution in [3.05, 3.63) is 48.0 Å². The van der Waals surface area contributed by atoms with Crippen LogP contribution in [-0.2, 0) is 25.6 Å². The summed E-state index contributed by atoms with van der Waals surface area (Å²) in [6.45, 7) is 1.60. The Morgan fingerprint density at radius 2 is 2.00 bits per heavy atom. The highest BCUT2D eigenvalue weighted by molar-refractivity contribution is 5.69. The molecule has 1 aromatic carbocycles. The van der Waals surface area contributed by atoms with Crippen LogP contribution in [0.3, 0.4) is 0 Å². The molecule has 1 spiro atoms. The third kappa shape index (κ3) is 5.40. The Bertz CT molecular complexity index is 592. The minimum absolute atomic E-state index is 0.142. The molecule has 0 aromatic heterocycles. The molecule has 142 valence electrons. The van der Waals surface area contributed by atoms with Gasteiger partial charge in [0.15, 0.2) is 5.79 Å². The van der Waals surface area contributed by atoms with Crippen molar-refractivity contribution >= 4 is 5.97 Å². The molecule has 1 saturated heterocycles. The number of allylic oxidation sites excluding steroid dienone is 2. The molecule has 1 aromatic rings. The van der Waals surface area contributed by atoms with Gasteiger partial charge in [-0.15, -0.1) is 0 Å². The topological polar surface area (TPSA) is 65.0 Å². The highest BCUT2D eigenvalue weighted by Gasteiger charge is 2.44. The van der Waals surface area contributed by atoms with E-state index in [1.165, 1.54) is 0 Å². The van der Waals surface area contributed by atoms with E-state index in [9.17, 15) is 9.90 Å². The van der Waals surface area contributed by atoms with Crippen LogP contribution in [0.2, 0.25) is 0 Å². The molecule has 2 fully saturated rings. The number of carbonyl (C=O) groups is 1. The summed E-state index contributed by atoms with van der Waals surface area (Å²) in [5.74, 6) is -0.523. The number of carbonyl (C=O) groups excluding carboxylic acids is 1. The van der Waals surface area contributed by atoms with Crippen LogP contribution in [0.25, 0.3) is 0 Å². The van der Waals surface area contributed by atoms with E-state index < -0.39 is 5.79 Å². The molecule has 0 unspecified atom stereocenters. The van der Waals surface area contributed by atoms with Crippen LogP contribution in [0.5, 0.6) is 0 Å². The summed E-state index contributed by atoms with van der Waals surface area (Å²) in [7, 11) is 0. The number of esters is 1. The molecule has 1 saturated carbocycles. The smallest absolute Gasteiger partial charge is 0.306 e. The summed E-state index contributed by atoms with van der Waals surface area (Å²) >= 11 is 0. The average Bonchev–Trinajstić information content (AvgIpc) is 3.11. The normalized spacial score (nSPS) is 25.0. The predicted molar refractivity (Wildman–Crippen MR) is 97.2 cm³/mol. The first-order chi connectivity index (χ1) is 12.7. The van der Waals surface area contributed by atoms with Crippen molar-refractivity contribution in [1.29, 1.82) is 0 Å². The summed E-state index contributed by atoms with van der Waals surface area (Å²) in [5.41, 5.74) is 0.993. The van der Waals surface area contributed by atoms with Gasteiger partial charge in [0, 0.05) is 19.3 Å². The van der Waals surface area contributed by atoms with Crippen molar-refractivity contribution in [1.82, 2.24) is 0 Å². The van der Waals surface area contributed by atoms with E-state index in [0.717, 1.165) is 24.8 Å². The fraction of sp³-hybridized carbons (Fsp3) is 0.571. The van der Waals surface area contributed by atoms with Gasteiger partial charge in [0.2, 0.25) is 0 Å². The lowest BCUT2D eigenvalue weighted by Crippen LogP contribution is -2.42. The Morgan fingerprint density at radius 1 is 1.23 bits per heavy atom. The van der Waals surface area contributed by atoms with Crippen LogP contribution in [0, 0.1) is 5.92 Å². The second-order valence-corrected chi connectivity index (χ2v) is 7.07. The van der Waals surface area contributed by atoms with Gasteiger partial charge in [0.1, 0.15) is 6.61 Å². The Morgan fingerprint density at radius 3 is 2.77 bits per heavy atom. The van der Waals surface area contributed by atoms with Crippen molar-refractivity contribution < 1.29 is 24.1 Å². The summed E-state index contributed by atoms with van der Waals surface area (Å²) < 4.78 is 16.8. The molecule has 1 aliphatic heterocycles. The van der Waals surface area contributed by atoms with E-state index in [-0.39, 0.29) is 18.0 Å². The average molecular weight is 360 g/mol. The number of aliphatic hydroxyl groups is 1. The Balaban J connectivity index is 1.34. The van der Waals surface area contributed by atoms with Gasteiger partial charge in [-0.1, -0.05) is 42.5 Å². The number of ether oxygens (including phenoxy) is 3. The number of aliphatic hydroxyl groups excluding tert-OH is 1. The van der Waals surface area contributed by atoms with Gasteiger partial charge in [-0.2, -0.15) is 0 Å². The van der Waals surface area contributed by atoms with Crippen molar-refractivity contribution in [3.63, 3.8) is 0 Å². The fourth-order valence-electron chi connectivity index (χ4n) is 3.64. The lowest BCUT2D eigenvalue weighted by molar-refractivity contribution is -0.201. The molecule has 5 heteroatoms. The molecule has 0 bridgehead atoms. The molecule has 1 N–H and O–H groups in total. The van der Waals surface area contributed by atoms with Crippen molar-refractivity contribution in [2.45, 2.75) is 57.0 Å². The monoisotopic (exact) mass is 360 g/mol. The van der Waals surface area contributed by atoms with Gasteiger partial charge in [0.25, 0.3) is 0 Å². The van der Waals surface area contributed by atoms with E-state index in [2.05, 4.69) is 0 Å². The first-order valence-corrected chi connectivity index (χ1v) is 9.47. The Kier molecular flexibility index (Phi) is 6.83. The maximum atomic E-state index is 11.8. The molecule has 1 heterocycles. The van der Waals surface area contributed by atoms with Crippen molar-refractivity contribution in [2.24, 2.45) is 5.92 Å². The molecule has 3 rings (SSSR count). The largest absolute Gasteiger partial charge is 0.461 e. The summed E-state index contributed by atoms with van der Waals surface area (Å²) in [4.78, 5) is 11.8. The Hall–Kier alpha value is -1.69. The number of hydrogen-bond donors (Lipinski definition) is 1. The van der Waals surface area contributed by atoms with Crippen LogP contribution in [0.1, 0.15) is 44.1 Å². The fourth-order valence-corrected chi connectivity index (χ4v) is 3.64. The van der Waals surface area contributed by atoms with Crippen LogP contribution >= 0.6 is 0 Å². The quantitative estimate of drug-likeness (QED) is 0.597. The summed E-state index contributed by atoms with van der Waals surface area (Å²) in [6.07, 6.45) is 7.73.